The third-order valence-electron chi connectivity index (χ3n) is 1.85. The van der Waals surface area contributed by atoms with E-state index in [2.05, 4.69) is 0 Å². The molecule has 0 atom stereocenters. The van der Waals surface area contributed by atoms with Crippen LogP contribution in [0.5, 0.6) is 5.75 Å². The maximum atomic E-state index is 11.8. The van der Waals surface area contributed by atoms with Crippen molar-refractivity contribution in [1.29, 1.82) is 0 Å². The van der Waals surface area contributed by atoms with Crippen molar-refractivity contribution in [1.82, 2.24) is 5.32 Å². The Bertz CT molecular complexity index is 391. The van der Waals surface area contributed by atoms with Crippen molar-refractivity contribution in [2.75, 3.05) is 13.2 Å². The highest BCUT2D eigenvalue weighted by atomic mass is 19.4. The van der Waals surface area contributed by atoms with Gasteiger partial charge in [0.05, 0.1) is 0 Å². The summed E-state index contributed by atoms with van der Waals surface area (Å²) in [5.74, 6) is -0.351. The molecule has 0 spiro atoms. The van der Waals surface area contributed by atoms with E-state index in [-0.39, 0.29) is 0 Å². The lowest BCUT2D eigenvalue weighted by Crippen LogP contribution is -2.36. The number of rotatable bonds is 4. The minimum atomic E-state index is -4.40. The number of hydrogen-bond donors (Lipinski definition) is 1. The van der Waals surface area contributed by atoms with E-state index in [1.165, 1.54) is 0 Å². The molecule has 1 N–H and O–H groups in total. The smallest absolute Gasteiger partial charge is 0.405 e. The van der Waals surface area contributed by atoms with Crippen LogP contribution in [0.1, 0.15) is 5.56 Å². The molecule has 0 aliphatic carbocycles. The largest absolute Gasteiger partial charge is 0.484 e. The highest BCUT2D eigenvalue weighted by molar-refractivity contribution is 5.77. The Kier molecular flexibility index (Phi) is 4.37. The van der Waals surface area contributed by atoms with Crippen LogP contribution in [-0.4, -0.2) is 25.2 Å². The van der Waals surface area contributed by atoms with E-state index in [0.717, 1.165) is 5.56 Å². The van der Waals surface area contributed by atoms with Crippen LogP contribution in [0.3, 0.4) is 0 Å². The standard InChI is InChI=1S/C11H12F3NO2/c1-8-3-2-4-9(5-8)17-6-10(16)15-7-11(12,13)14/h2-5H,6-7H2,1H3,(H,15,16). The summed E-state index contributed by atoms with van der Waals surface area (Å²) in [6.45, 7) is 0.0686. The van der Waals surface area contributed by atoms with Crippen molar-refractivity contribution in [2.24, 2.45) is 0 Å². The molecule has 1 aromatic rings. The number of aryl methyl sites for hydroxylation is 1. The van der Waals surface area contributed by atoms with E-state index >= 15 is 0 Å². The van der Waals surface area contributed by atoms with Crippen LogP contribution in [0.2, 0.25) is 0 Å². The van der Waals surface area contributed by atoms with Gasteiger partial charge in [-0.05, 0) is 24.6 Å². The van der Waals surface area contributed by atoms with Crippen molar-refractivity contribution >= 4 is 5.91 Å². The molecule has 1 amide bonds. The Morgan fingerprint density at radius 1 is 1.41 bits per heavy atom. The summed E-state index contributed by atoms with van der Waals surface area (Å²) in [7, 11) is 0. The number of hydrogen-bond acceptors (Lipinski definition) is 2. The van der Waals surface area contributed by atoms with Crippen LogP contribution < -0.4 is 10.1 Å². The number of carbonyl (C=O) groups excluding carboxylic acids is 1. The van der Waals surface area contributed by atoms with Gasteiger partial charge in [-0.25, -0.2) is 0 Å². The zero-order chi connectivity index (χ0) is 12.9. The van der Waals surface area contributed by atoms with Gasteiger partial charge in [0, 0.05) is 0 Å². The molecule has 0 radical (unpaired) electrons. The summed E-state index contributed by atoms with van der Waals surface area (Å²) in [4.78, 5) is 11.0. The van der Waals surface area contributed by atoms with E-state index in [1.807, 2.05) is 13.0 Å². The lowest BCUT2D eigenvalue weighted by atomic mass is 10.2. The highest BCUT2D eigenvalue weighted by Crippen LogP contribution is 2.13. The van der Waals surface area contributed by atoms with E-state index in [1.54, 1.807) is 23.5 Å². The van der Waals surface area contributed by atoms with Gasteiger partial charge in [0.25, 0.3) is 5.91 Å². The molecule has 0 bridgehead atoms. The summed E-state index contributed by atoms with van der Waals surface area (Å²) in [6.07, 6.45) is -4.40. The normalized spacial score (nSPS) is 11.1. The molecule has 0 aliphatic rings. The van der Waals surface area contributed by atoms with E-state index in [4.69, 9.17) is 4.74 Å². The third kappa shape index (κ3) is 5.79. The second-order valence-corrected chi connectivity index (χ2v) is 3.50. The van der Waals surface area contributed by atoms with Crippen molar-refractivity contribution in [3.05, 3.63) is 29.8 Å². The molecule has 0 aliphatic heterocycles. The number of alkyl halides is 3. The first-order chi connectivity index (χ1) is 7.87. The lowest BCUT2D eigenvalue weighted by Gasteiger charge is -2.09. The first-order valence-corrected chi connectivity index (χ1v) is 4.90. The molecule has 6 heteroatoms. The number of ether oxygens (including phenoxy) is 1. The molecule has 0 unspecified atom stereocenters. The number of halogens is 3. The first kappa shape index (κ1) is 13.3. The molecular formula is C11H12F3NO2. The molecule has 94 valence electrons. The zero-order valence-electron chi connectivity index (χ0n) is 9.17. The fraction of sp³-hybridized carbons (Fsp3) is 0.364. The van der Waals surface area contributed by atoms with Crippen molar-refractivity contribution in [2.45, 2.75) is 13.1 Å². The second kappa shape index (κ2) is 5.56. The predicted molar refractivity (Wildman–Crippen MR) is 55.7 cm³/mol. The minimum Gasteiger partial charge on any atom is -0.484 e. The van der Waals surface area contributed by atoms with Crippen molar-refractivity contribution < 1.29 is 22.7 Å². The minimum absolute atomic E-state index is 0.431. The summed E-state index contributed by atoms with van der Waals surface area (Å²) in [6, 6.07) is 6.90. The number of nitrogens with one attached hydrogen (secondary N) is 1. The van der Waals surface area contributed by atoms with Crippen molar-refractivity contribution in [3.8, 4) is 5.75 Å². The molecule has 17 heavy (non-hydrogen) atoms. The Labute approximate surface area is 96.6 Å². The first-order valence-electron chi connectivity index (χ1n) is 4.90. The van der Waals surface area contributed by atoms with Gasteiger partial charge < -0.3 is 10.1 Å². The average molecular weight is 247 g/mol. The van der Waals surface area contributed by atoms with Crippen LogP contribution in [0.25, 0.3) is 0 Å². The van der Waals surface area contributed by atoms with E-state index in [0.29, 0.717) is 5.75 Å². The van der Waals surface area contributed by atoms with Gasteiger partial charge in [0.1, 0.15) is 12.3 Å². The number of carbonyl (C=O) groups is 1. The maximum Gasteiger partial charge on any atom is 0.405 e. The topological polar surface area (TPSA) is 38.3 Å². The molecule has 0 saturated heterocycles. The van der Waals surface area contributed by atoms with Crippen LogP contribution in [-0.2, 0) is 4.79 Å². The Hall–Kier alpha value is -1.72. The number of amides is 1. The van der Waals surface area contributed by atoms with Crippen LogP contribution in [0.15, 0.2) is 24.3 Å². The molecule has 0 fully saturated rings. The summed E-state index contributed by atoms with van der Waals surface area (Å²) >= 11 is 0. The van der Waals surface area contributed by atoms with Crippen LogP contribution in [0, 0.1) is 6.92 Å². The Morgan fingerprint density at radius 2 is 2.12 bits per heavy atom. The van der Waals surface area contributed by atoms with Gasteiger partial charge in [-0.3, -0.25) is 4.79 Å². The van der Waals surface area contributed by atoms with Gasteiger partial charge in [0.15, 0.2) is 6.61 Å². The van der Waals surface area contributed by atoms with Crippen LogP contribution >= 0.6 is 0 Å². The zero-order valence-corrected chi connectivity index (χ0v) is 9.17. The predicted octanol–water partition coefficient (Wildman–Crippen LogP) is 2.05. The van der Waals surface area contributed by atoms with Crippen molar-refractivity contribution in [3.63, 3.8) is 0 Å². The van der Waals surface area contributed by atoms with Gasteiger partial charge in [-0.15, -0.1) is 0 Å². The highest BCUT2D eigenvalue weighted by Gasteiger charge is 2.27. The van der Waals surface area contributed by atoms with E-state index < -0.39 is 25.2 Å². The second-order valence-electron chi connectivity index (χ2n) is 3.50. The Morgan fingerprint density at radius 3 is 2.71 bits per heavy atom. The number of benzene rings is 1. The van der Waals surface area contributed by atoms with Gasteiger partial charge in [0.2, 0.25) is 0 Å². The molecule has 0 aromatic heterocycles. The molecule has 0 heterocycles. The Balaban J connectivity index is 2.33. The fourth-order valence-electron chi connectivity index (χ4n) is 1.10. The average Bonchev–Trinajstić information content (AvgIpc) is 2.23. The van der Waals surface area contributed by atoms with Crippen LogP contribution in [0.4, 0.5) is 13.2 Å². The molecule has 3 nitrogen and oxygen atoms in total. The molecule has 0 saturated carbocycles. The summed E-state index contributed by atoms with van der Waals surface area (Å²) in [5, 5.41) is 1.72. The fourth-order valence-corrected chi connectivity index (χ4v) is 1.10. The quantitative estimate of drug-likeness (QED) is 0.884. The van der Waals surface area contributed by atoms with Gasteiger partial charge in [-0.2, -0.15) is 13.2 Å². The molecule has 1 rings (SSSR count). The SMILES string of the molecule is Cc1cccc(OCC(=O)NCC(F)(F)F)c1. The molecular weight excluding hydrogens is 235 g/mol. The third-order valence-corrected chi connectivity index (χ3v) is 1.85. The lowest BCUT2D eigenvalue weighted by molar-refractivity contribution is -0.139. The monoisotopic (exact) mass is 247 g/mol. The van der Waals surface area contributed by atoms with Gasteiger partial charge in [-0.1, -0.05) is 12.1 Å². The summed E-state index contributed by atoms with van der Waals surface area (Å²) < 4.78 is 40.4. The summed E-state index contributed by atoms with van der Waals surface area (Å²) in [5.41, 5.74) is 0.943. The van der Waals surface area contributed by atoms with E-state index in [9.17, 15) is 18.0 Å². The van der Waals surface area contributed by atoms with Gasteiger partial charge >= 0.3 is 6.18 Å². The maximum absolute atomic E-state index is 11.8. The molecule has 1 aromatic carbocycles.